The maximum absolute atomic E-state index is 13.7. The van der Waals surface area contributed by atoms with Crippen LogP contribution in [0.5, 0.6) is 0 Å². The van der Waals surface area contributed by atoms with E-state index in [2.05, 4.69) is 10.4 Å². The first-order valence-corrected chi connectivity index (χ1v) is 5.66. The first-order valence-electron chi connectivity index (χ1n) is 5.66. The van der Waals surface area contributed by atoms with E-state index in [4.69, 9.17) is 0 Å². The molecule has 0 atom stereocenters. The lowest BCUT2D eigenvalue weighted by Crippen LogP contribution is -2.06. The molecule has 2 rings (SSSR count). The fourth-order valence-corrected chi connectivity index (χ4v) is 1.72. The van der Waals surface area contributed by atoms with Crippen LogP contribution in [0.4, 0.5) is 14.5 Å². The largest absolute Gasteiger partial charge is 0.376 e. The molecule has 0 aliphatic heterocycles. The molecule has 0 unspecified atom stereocenters. The maximum Gasteiger partial charge on any atom is 0.152 e. The lowest BCUT2D eigenvalue weighted by atomic mass is 10.2. The second-order valence-electron chi connectivity index (χ2n) is 4.29. The lowest BCUT2D eigenvalue weighted by Gasteiger charge is -2.10. The number of hydrogen-bond acceptors (Lipinski definition) is 2. The van der Waals surface area contributed by atoms with Gasteiger partial charge in [0.05, 0.1) is 6.20 Å². The van der Waals surface area contributed by atoms with Gasteiger partial charge in [-0.05, 0) is 25.5 Å². The molecule has 96 valence electrons. The maximum atomic E-state index is 13.7. The molecule has 3 nitrogen and oxygen atoms in total. The minimum Gasteiger partial charge on any atom is -0.376 e. The molecule has 0 fully saturated rings. The molecule has 5 heteroatoms. The van der Waals surface area contributed by atoms with Crippen LogP contribution in [0.1, 0.15) is 16.8 Å². The number of halogens is 2. The van der Waals surface area contributed by atoms with Gasteiger partial charge >= 0.3 is 0 Å². The third-order valence-electron chi connectivity index (χ3n) is 3.08. The number of rotatable bonds is 3. The van der Waals surface area contributed by atoms with Crippen LogP contribution in [0.15, 0.2) is 18.3 Å². The smallest absolute Gasteiger partial charge is 0.152 e. The minimum atomic E-state index is -0.584. The van der Waals surface area contributed by atoms with E-state index in [-0.39, 0.29) is 5.69 Å². The zero-order valence-electron chi connectivity index (χ0n) is 10.6. The zero-order chi connectivity index (χ0) is 13.3. The summed E-state index contributed by atoms with van der Waals surface area (Å²) in [5, 5.41) is 6.87. The highest BCUT2D eigenvalue weighted by molar-refractivity contribution is 5.49. The van der Waals surface area contributed by atoms with Gasteiger partial charge in [-0.15, -0.1) is 0 Å². The van der Waals surface area contributed by atoms with Crippen molar-refractivity contribution in [1.29, 1.82) is 0 Å². The standard InChI is InChI=1S/C13H15F2N3/c1-8-4-5-11(14)13(12(8)15)16-6-10-7-17-18(3)9(10)2/h4-5,7,16H,6H2,1-3H3. The van der Waals surface area contributed by atoms with E-state index < -0.39 is 11.6 Å². The molecule has 0 saturated heterocycles. The Morgan fingerprint density at radius 3 is 2.61 bits per heavy atom. The second-order valence-corrected chi connectivity index (χ2v) is 4.29. The quantitative estimate of drug-likeness (QED) is 0.909. The normalized spacial score (nSPS) is 10.7. The molecule has 18 heavy (non-hydrogen) atoms. The molecular formula is C13H15F2N3. The summed E-state index contributed by atoms with van der Waals surface area (Å²) in [6.07, 6.45) is 1.69. The van der Waals surface area contributed by atoms with Gasteiger partial charge in [0.2, 0.25) is 0 Å². The van der Waals surface area contributed by atoms with Crippen LogP contribution in [0.25, 0.3) is 0 Å². The van der Waals surface area contributed by atoms with Gasteiger partial charge in [0, 0.05) is 24.8 Å². The van der Waals surface area contributed by atoms with Gasteiger partial charge in [-0.2, -0.15) is 5.10 Å². The summed E-state index contributed by atoms with van der Waals surface area (Å²) in [6, 6.07) is 2.68. The fraction of sp³-hybridized carbons (Fsp3) is 0.308. The highest BCUT2D eigenvalue weighted by atomic mass is 19.1. The van der Waals surface area contributed by atoms with E-state index in [0.29, 0.717) is 12.1 Å². The molecule has 0 spiro atoms. The molecule has 2 aromatic rings. The molecule has 0 saturated carbocycles. The average molecular weight is 251 g/mol. The molecule has 0 radical (unpaired) electrons. The Balaban J connectivity index is 2.21. The van der Waals surface area contributed by atoms with Gasteiger partial charge in [-0.1, -0.05) is 6.07 Å². The van der Waals surface area contributed by atoms with Gasteiger partial charge in [-0.3, -0.25) is 4.68 Å². The van der Waals surface area contributed by atoms with Gasteiger partial charge in [-0.25, -0.2) is 8.78 Å². The number of anilines is 1. The molecule has 1 N–H and O–H groups in total. The van der Waals surface area contributed by atoms with Crippen LogP contribution >= 0.6 is 0 Å². The van der Waals surface area contributed by atoms with Crippen molar-refractivity contribution in [2.24, 2.45) is 7.05 Å². The summed E-state index contributed by atoms with van der Waals surface area (Å²) in [5.41, 5.74) is 2.22. The van der Waals surface area contributed by atoms with Crippen molar-refractivity contribution in [2.75, 3.05) is 5.32 Å². The van der Waals surface area contributed by atoms with Gasteiger partial charge in [0.25, 0.3) is 0 Å². The predicted molar refractivity (Wildman–Crippen MR) is 66.4 cm³/mol. The Morgan fingerprint density at radius 2 is 2.00 bits per heavy atom. The van der Waals surface area contributed by atoms with Crippen LogP contribution in [-0.2, 0) is 13.6 Å². The third-order valence-corrected chi connectivity index (χ3v) is 3.08. The Morgan fingerprint density at radius 1 is 1.28 bits per heavy atom. The number of aryl methyl sites for hydroxylation is 2. The molecule has 0 bridgehead atoms. The van der Waals surface area contributed by atoms with Crippen molar-refractivity contribution in [1.82, 2.24) is 9.78 Å². The Kier molecular flexibility index (Phi) is 3.32. The summed E-state index contributed by atoms with van der Waals surface area (Å²) in [6.45, 7) is 3.86. The summed E-state index contributed by atoms with van der Waals surface area (Å²) in [5.74, 6) is -1.13. The monoisotopic (exact) mass is 251 g/mol. The molecular weight excluding hydrogens is 236 g/mol. The number of nitrogens with one attached hydrogen (secondary N) is 1. The first kappa shape index (κ1) is 12.5. The summed E-state index contributed by atoms with van der Waals surface area (Å²) in [4.78, 5) is 0. The Labute approximate surface area is 104 Å². The molecule has 0 aliphatic rings. The molecule has 0 amide bonds. The van der Waals surface area contributed by atoms with E-state index in [1.807, 2.05) is 14.0 Å². The van der Waals surface area contributed by atoms with Crippen molar-refractivity contribution in [2.45, 2.75) is 20.4 Å². The van der Waals surface area contributed by atoms with Crippen LogP contribution < -0.4 is 5.32 Å². The predicted octanol–water partition coefficient (Wildman–Crippen LogP) is 2.93. The van der Waals surface area contributed by atoms with Crippen LogP contribution in [0.2, 0.25) is 0 Å². The Hall–Kier alpha value is -1.91. The summed E-state index contributed by atoms with van der Waals surface area (Å²) < 4.78 is 29.0. The van der Waals surface area contributed by atoms with Gasteiger partial charge in [0.1, 0.15) is 11.5 Å². The molecule has 0 aliphatic carbocycles. The molecule has 1 aromatic carbocycles. The van der Waals surface area contributed by atoms with Crippen molar-refractivity contribution >= 4 is 5.69 Å². The van der Waals surface area contributed by atoms with E-state index in [1.54, 1.807) is 17.8 Å². The van der Waals surface area contributed by atoms with E-state index in [9.17, 15) is 8.78 Å². The summed E-state index contributed by atoms with van der Waals surface area (Å²) in [7, 11) is 1.83. The van der Waals surface area contributed by atoms with E-state index in [0.717, 1.165) is 11.3 Å². The number of aromatic nitrogens is 2. The van der Waals surface area contributed by atoms with Crippen LogP contribution in [0, 0.1) is 25.5 Å². The molecule has 1 heterocycles. The Bertz CT molecular complexity index is 576. The highest BCUT2D eigenvalue weighted by Gasteiger charge is 2.12. The highest BCUT2D eigenvalue weighted by Crippen LogP contribution is 2.22. The van der Waals surface area contributed by atoms with Gasteiger partial charge in [0.15, 0.2) is 5.82 Å². The molecule has 1 aromatic heterocycles. The van der Waals surface area contributed by atoms with Crippen LogP contribution in [-0.4, -0.2) is 9.78 Å². The number of nitrogens with zero attached hydrogens (tertiary/aromatic N) is 2. The third kappa shape index (κ3) is 2.20. The van der Waals surface area contributed by atoms with E-state index in [1.165, 1.54) is 12.1 Å². The summed E-state index contributed by atoms with van der Waals surface area (Å²) >= 11 is 0. The van der Waals surface area contributed by atoms with E-state index >= 15 is 0 Å². The fourth-order valence-electron chi connectivity index (χ4n) is 1.72. The van der Waals surface area contributed by atoms with Crippen LogP contribution in [0.3, 0.4) is 0 Å². The van der Waals surface area contributed by atoms with Crippen molar-refractivity contribution in [3.8, 4) is 0 Å². The number of benzene rings is 1. The average Bonchev–Trinajstić information content (AvgIpc) is 2.66. The number of hydrogen-bond donors (Lipinski definition) is 1. The topological polar surface area (TPSA) is 29.9 Å². The lowest BCUT2D eigenvalue weighted by molar-refractivity contribution is 0.582. The zero-order valence-corrected chi connectivity index (χ0v) is 10.6. The first-order chi connectivity index (χ1) is 8.50. The minimum absolute atomic E-state index is 0.0850. The SMILES string of the molecule is Cc1ccc(F)c(NCc2cnn(C)c2C)c1F. The second kappa shape index (κ2) is 4.76. The van der Waals surface area contributed by atoms with Gasteiger partial charge < -0.3 is 5.32 Å². The van der Waals surface area contributed by atoms with Crippen molar-refractivity contribution in [3.63, 3.8) is 0 Å². The van der Waals surface area contributed by atoms with Crippen molar-refractivity contribution in [3.05, 3.63) is 46.8 Å². The van der Waals surface area contributed by atoms with Crippen molar-refractivity contribution < 1.29 is 8.78 Å².